The monoisotopic (exact) mass is 355 g/mol. The average Bonchev–Trinajstić information content (AvgIpc) is 3.12. The molecule has 5 nitrogen and oxygen atoms in total. The van der Waals surface area contributed by atoms with Crippen LogP contribution in [0.15, 0.2) is 54.6 Å². The molecule has 0 aliphatic carbocycles. The first kappa shape index (κ1) is 17.4. The Kier molecular flexibility index (Phi) is 5.13. The maximum Gasteiger partial charge on any atom is 0.282 e. The zero-order valence-electron chi connectivity index (χ0n) is 13.9. The van der Waals surface area contributed by atoms with Gasteiger partial charge in [0.2, 0.25) is 0 Å². The van der Waals surface area contributed by atoms with Crippen molar-refractivity contribution < 1.29 is 18.3 Å². The van der Waals surface area contributed by atoms with Crippen molar-refractivity contribution in [3.05, 3.63) is 60.3 Å². The number of ether oxygens (including phenoxy) is 2. The van der Waals surface area contributed by atoms with E-state index < -0.39 is 6.43 Å². The summed E-state index contributed by atoms with van der Waals surface area (Å²) in [5.74, 6) is 1.19. The lowest BCUT2D eigenvalue weighted by Crippen LogP contribution is -2.00. The number of methoxy groups -OCH3 is 1. The van der Waals surface area contributed by atoms with Crippen LogP contribution in [0.5, 0.6) is 11.5 Å². The Labute approximate surface area is 149 Å². The maximum atomic E-state index is 13.2. The third-order valence-corrected chi connectivity index (χ3v) is 3.72. The number of alkyl halides is 2. The highest BCUT2D eigenvalue weighted by molar-refractivity contribution is 5.64. The third-order valence-electron chi connectivity index (χ3n) is 3.72. The average molecular weight is 355 g/mol. The van der Waals surface area contributed by atoms with E-state index in [9.17, 15) is 8.78 Å². The van der Waals surface area contributed by atoms with Gasteiger partial charge in [0.05, 0.1) is 18.5 Å². The fourth-order valence-electron chi connectivity index (χ4n) is 2.47. The number of hydrogen-bond acceptors (Lipinski definition) is 4. The standard InChI is InChI=1S/C19H15F2N3O2/c1-25-15-8-4-14(5-9-15)24-18(12-17(23-24)19(20)21)13-2-6-16(7-3-13)26-11-10-22/h2-9,12,19H,11H2,1H3. The van der Waals surface area contributed by atoms with Crippen molar-refractivity contribution in [1.82, 2.24) is 9.78 Å². The van der Waals surface area contributed by atoms with Gasteiger partial charge in [0.1, 0.15) is 23.3 Å². The van der Waals surface area contributed by atoms with Crippen molar-refractivity contribution in [1.29, 1.82) is 5.26 Å². The van der Waals surface area contributed by atoms with Crippen molar-refractivity contribution in [3.8, 4) is 34.5 Å². The van der Waals surface area contributed by atoms with Gasteiger partial charge in [-0.2, -0.15) is 10.4 Å². The lowest BCUT2D eigenvalue weighted by molar-refractivity contribution is 0.145. The molecule has 2 aromatic carbocycles. The molecular weight excluding hydrogens is 340 g/mol. The first-order valence-electron chi connectivity index (χ1n) is 7.75. The summed E-state index contributed by atoms with van der Waals surface area (Å²) >= 11 is 0. The zero-order valence-corrected chi connectivity index (χ0v) is 13.9. The number of nitriles is 1. The van der Waals surface area contributed by atoms with Gasteiger partial charge in [-0.1, -0.05) is 0 Å². The lowest BCUT2D eigenvalue weighted by Gasteiger charge is -2.09. The van der Waals surface area contributed by atoms with Crippen LogP contribution in [0.3, 0.4) is 0 Å². The zero-order chi connectivity index (χ0) is 18.5. The second-order valence-corrected chi connectivity index (χ2v) is 5.34. The largest absolute Gasteiger partial charge is 0.497 e. The summed E-state index contributed by atoms with van der Waals surface area (Å²) in [6, 6.07) is 17.0. The summed E-state index contributed by atoms with van der Waals surface area (Å²) < 4.78 is 38.1. The Morgan fingerprint density at radius 1 is 1.08 bits per heavy atom. The molecule has 3 rings (SSSR count). The van der Waals surface area contributed by atoms with Gasteiger partial charge in [0, 0.05) is 5.56 Å². The minimum Gasteiger partial charge on any atom is -0.497 e. The van der Waals surface area contributed by atoms with Crippen molar-refractivity contribution in [2.24, 2.45) is 0 Å². The molecule has 0 aliphatic heterocycles. The highest BCUT2D eigenvalue weighted by Crippen LogP contribution is 2.30. The minimum absolute atomic E-state index is 0.0569. The fraction of sp³-hybridized carbons (Fsp3) is 0.158. The Balaban J connectivity index is 2.01. The van der Waals surface area contributed by atoms with Crippen LogP contribution in [-0.2, 0) is 0 Å². The van der Waals surface area contributed by atoms with Crippen LogP contribution in [0.25, 0.3) is 16.9 Å². The molecular formula is C19H15F2N3O2. The number of nitrogens with zero attached hydrogens (tertiary/aromatic N) is 3. The second kappa shape index (κ2) is 7.66. The number of rotatable bonds is 6. The van der Waals surface area contributed by atoms with Gasteiger partial charge < -0.3 is 9.47 Å². The van der Waals surface area contributed by atoms with Crippen LogP contribution < -0.4 is 9.47 Å². The third kappa shape index (κ3) is 3.64. The van der Waals surface area contributed by atoms with Crippen LogP contribution >= 0.6 is 0 Å². The Bertz CT molecular complexity index is 913. The number of hydrogen-bond donors (Lipinski definition) is 0. The Morgan fingerprint density at radius 3 is 2.31 bits per heavy atom. The molecule has 132 valence electrons. The van der Waals surface area contributed by atoms with Crippen molar-refractivity contribution in [3.63, 3.8) is 0 Å². The van der Waals surface area contributed by atoms with Gasteiger partial charge in [-0.15, -0.1) is 0 Å². The summed E-state index contributed by atoms with van der Waals surface area (Å²) in [6.07, 6.45) is -2.67. The van der Waals surface area contributed by atoms with Gasteiger partial charge in [-0.25, -0.2) is 13.5 Å². The molecule has 0 radical (unpaired) electrons. The number of benzene rings is 2. The van der Waals surface area contributed by atoms with Crippen LogP contribution in [-0.4, -0.2) is 23.5 Å². The van der Waals surface area contributed by atoms with Crippen LogP contribution in [0.4, 0.5) is 8.78 Å². The first-order valence-corrected chi connectivity index (χ1v) is 7.75. The van der Waals surface area contributed by atoms with Gasteiger partial charge in [0.15, 0.2) is 6.61 Å². The molecule has 26 heavy (non-hydrogen) atoms. The minimum atomic E-state index is -2.67. The smallest absolute Gasteiger partial charge is 0.282 e. The Hall–Kier alpha value is -3.40. The van der Waals surface area contributed by atoms with E-state index in [4.69, 9.17) is 14.7 Å². The maximum absolute atomic E-state index is 13.2. The molecule has 0 aliphatic rings. The van der Waals surface area contributed by atoms with Gasteiger partial charge >= 0.3 is 0 Å². The quantitative estimate of drug-likeness (QED) is 0.658. The van der Waals surface area contributed by atoms with Crippen molar-refractivity contribution >= 4 is 0 Å². The second-order valence-electron chi connectivity index (χ2n) is 5.34. The Morgan fingerprint density at radius 2 is 1.73 bits per heavy atom. The highest BCUT2D eigenvalue weighted by Gasteiger charge is 2.18. The fourth-order valence-corrected chi connectivity index (χ4v) is 2.47. The molecule has 0 atom stereocenters. The summed E-state index contributed by atoms with van der Waals surface area (Å²) in [4.78, 5) is 0. The van der Waals surface area contributed by atoms with Crippen molar-refractivity contribution in [2.45, 2.75) is 6.43 Å². The van der Waals surface area contributed by atoms with E-state index in [2.05, 4.69) is 5.10 Å². The van der Waals surface area contributed by atoms with Crippen LogP contribution in [0, 0.1) is 11.3 Å². The molecule has 0 spiro atoms. The lowest BCUT2D eigenvalue weighted by atomic mass is 10.1. The van der Waals surface area contributed by atoms with Crippen molar-refractivity contribution in [2.75, 3.05) is 13.7 Å². The highest BCUT2D eigenvalue weighted by atomic mass is 19.3. The van der Waals surface area contributed by atoms with E-state index in [0.717, 1.165) is 0 Å². The SMILES string of the molecule is COc1ccc(-n2nc(C(F)F)cc2-c2ccc(OCC#N)cc2)cc1. The predicted molar refractivity (Wildman–Crippen MR) is 91.6 cm³/mol. The van der Waals surface area contributed by atoms with E-state index >= 15 is 0 Å². The number of halogens is 2. The van der Waals surface area contributed by atoms with E-state index in [-0.39, 0.29) is 12.3 Å². The molecule has 0 fully saturated rings. The first-order chi connectivity index (χ1) is 12.6. The molecule has 1 aromatic heterocycles. The molecule has 0 saturated heterocycles. The summed E-state index contributed by atoms with van der Waals surface area (Å²) in [6.45, 7) is -0.0569. The topological polar surface area (TPSA) is 60.1 Å². The molecule has 0 unspecified atom stereocenters. The van der Waals surface area contributed by atoms with Crippen LogP contribution in [0.1, 0.15) is 12.1 Å². The summed E-state index contributed by atoms with van der Waals surface area (Å²) in [5.41, 5.74) is 1.56. The summed E-state index contributed by atoms with van der Waals surface area (Å²) in [7, 11) is 1.55. The van der Waals surface area contributed by atoms with Gasteiger partial charge in [-0.05, 0) is 54.6 Å². The normalized spacial score (nSPS) is 10.6. The molecule has 0 saturated carbocycles. The molecule has 0 N–H and O–H groups in total. The van der Waals surface area contributed by atoms with E-state index in [1.807, 2.05) is 6.07 Å². The summed E-state index contributed by atoms with van der Waals surface area (Å²) in [5, 5.41) is 12.6. The van der Waals surface area contributed by atoms with Gasteiger partial charge in [-0.3, -0.25) is 0 Å². The number of aromatic nitrogens is 2. The van der Waals surface area contributed by atoms with Gasteiger partial charge in [0.25, 0.3) is 6.43 Å². The van der Waals surface area contributed by atoms with E-state index in [0.29, 0.717) is 28.4 Å². The predicted octanol–water partition coefficient (Wildman–Crippen LogP) is 4.39. The van der Waals surface area contributed by atoms with Crippen LogP contribution in [0.2, 0.25) is 0 Å². The molecule has 0 amide bonds. The molecule has 3 aromatic rings. The van der Waals surface area contributed by atoms with E-state index in [1.165, 1.54) is 10.7 Å². The molecule has 0 bridgehead atoms. The van der Waals surface area contributed by atoms with E-state index in [1.54, 1.807) is 55.6 Å². The molecule has 7 heteroatoms. The molecule has 1 heterocycles.